The van der Waals surface area contributed by atoms with Crippen molar-refractivity contribution in [3.63, 3.8) is 0 Å². The fraction of sp³-hybridized carbons (Fsp3) is 0.118. The first-order chi connectivity index (χ1) is 12.0. The molecule has 0 bridgehead atoms. The molecule has 0 aliphatic heterocycles. The van der Waals surface area contributed by atoms with E-state index in [2.05, 4.69) is 15.5 Å². The van der Waals surface area contributed by atoms with E-state index in [1.165, 1.54) is 11.0 Å². The number of hydrogen-bond acceptors (Lipinski definition) is 5. The number of rotatable bonds is 5. The smallest absolute Gasteiger partial charge is 0.322 e. The normalized spacial score (nSPS) is 10.7. The average Bonchev–Trinajstić information content (AvgIpc) is 3.04. The number of amides is 1. The molecule has 1 N–H and O–H groups in total. The van der Waals surface area contributed by atoms with Crippen molar-refractivity contribution in [1.29, 1.82) is 0 Å². The quantitative estimate of drug-likeness (QED) is 0.621. The van der Waals surface area contributed by atoms with Crippen LogP contribution in [-0.2, 0) is 6.42 Å². The standard InChI is InChI=1S/C17H13Cl2N3O2S/c1-25-12-5-2-10(3-6-12)8-15-21-22-17(24-15)20-16(23)13-9-11(18)4-7-14(13)19/h2-7,9H,8H2,1H3,(H,20,22,23). The highest BCUT2D eigenvalue weighted by Gasteiger charge is 2.15. The minimum Gasteiger partial charge on any atom is -0.407 e. The number of aromatic nitrogens is 2. The monoisotopic (exact) mass is 393 g/mol. The van der Waals surface area contributed by atoms with Gasteiger partial charge in [0.15, 0.2) is 0 Å². The van der Waals surface area contributed by atoms with E-state index in [4.69, 9.17) is 27.6 Å². The number of nitrogens with zero attached hydrogens (tertiary/aromatic N) is 2. The van der Waals surface area contributed by atoms with Crippen molar-refractivity contribution in [3.05, 3.63) is 69.5 Å². The maximum absolute atomic E-state index is 12.2. The molecular weight excluding hydrogens is 381 g/mol. The van der Waals surface area contributed by atoms with Crippen molar-refractivity contribution < 1.29 is 9.21 Å². The van der Waals surface area contributed by atoms with Crippen LogP contribution in [0.15, 0.2) is 51.8 Å². The maximum atomic E-state index is 12.2. The van der Waals surface area contributed by atoms with Crippen LogP contribution in [0.5, 0.6) is 0 Å². The van der Waals surface area contributed by atoms with Crippen LogP contribution in [0, 0.1) is 0 Å². The predicted octanol–water partition coefficient (Wildman–Crippen LogP) is 4.94. The molecular formula is C17H13Cl2N3O2S. The highest BCUT2D eigenvalue weighted by molar-refractivity contribution is 7.98. The fourth-order valence-corrected chi connectivity index (χ4v) is 2.91. The van der Waals surface area contributed by atoms with Crippen LogP contribution in [0.3, 0.4) is 0 Å². The third kappa shape index (κ3) is 4.54. The average molecular weight is 394 g/mol. The van der Waals surface area contributed by atoms with Gasteiger partial charge in [-0.3, -0.25) is 10.1 Å². The first-order valence-electron chi connectivity index (χ1n) is 7.27. The Morgan fingerprint density at radius 2 is 1.92 bits per heavy atom. The molecule has 0 spiro atoms. The lowest BCUT2D eigenvalue weighted by Gasteiger charge is -2.03. The second-order valence-electron chi connectivity index (χ2n) is 5.10. The van der Waals surface area contributed by atoms with Gasteiger partial charge in [-0.25, -0.2) is 0 Å². The number of anilines is 1. The Morgan fingerprint density at radius 1 is 1.16 bits per heavy atom. The highest BCUT2D eigenvalue weighted by Crippen LogP contribution is 2.22. The van der Waals surface area contributed by atoms with E-state index in [9.17, 15) is 4.79 Å². The van der Waals surface area contributed by atoms with Crippen LogP contribution in [-0.4, -0.2) is 22.4 Å². The van der Waals surface area contributed by atoms with Crippen LogP contribution in [0.1, 0.15) is 21.8 Å². The van der Waals surface area contributed by atoms with E-state index in [0.717, 1.165) is 5.56 Å². The minimum absolute atomic E-state index is 0.0109. The summed E-state index contributed by atoms with van der Waals surface area (Å²) in [4.78, 5) is 13.4. The lowest BCUT2D eigenvalue weighted by molar-refractivity contribution is 0.102. The number of thioether (sulfide) groups is 1. The molecule has 0 aliphatic rings. The molecule has 8 heteroatoms. The summed E-state index contributed by atoms with van der Waals surface area (Å²) in [7, 11) is 0. The number of hydrogen-bond donors (Lipinski definition) is 1. The Bertz CT molecular complexity index is 897. The van der Waals surface area contributed by atoms with Crippen LogP contribution in [0.4, 0.5) is 6.01 Å². The van der Waals surface area contributed by atoms with Gasteiger partial charge in [-0.1, -0.05) is 40.4 Å². The molecule has 1 aromatic heterocycles. The number of nitrogens with one attached hydrogen (secondary N) is 1. The molecule has 1 amide bonds. The molecule has 0 atom stereocenters. The third-order valence-corrected chi connectivity index (χ3v) is 4.68. The van der Waals surface area contributed by atoms with E-state index < -0.39 is 5.91 Å². The second-order valence-corrected chi connectivity index (χ2v) is 6.83. The second kappa shape index (κ2) is 7.91. The summed E-state index contributed by atoms with van der Waals surface area (Å²) >= 11 is 13.6. The van der Waals surface area contributed by atoms with E-state index in [-0.39, 0.29) is 16.6 Å². The molecule has 0 fully saturated rings. The molecule has 0 aliphatic carbocycles. The van der Waals surface area contributed by atoms with Gasteiger partial charge in [0, 0.05) is 9.92 Å². The van der Waals surface area contributed by atoms with Crippen molar-refractivity contribution in [2.75, 3.05) is 11.6 Å². The van der Waals surface area contributed by atoms with Crippen molar-refractivity contribution in [3.8, 4) is 0 Å². The van der Waals surface area contributed by atoms with Gasteiger partial charge < -0.3 is 4.42 Å². The van der Waals surface area contributed by atoms with Gasteiger partial charge in [0.2, 0.25) is 5.89 Å². The summed E-state index contributed by atoms with van der Waals surface area (Å²) < 4.78 is 5.47. The van der Waals surface area contributed by atoms with Gasteiger partial charge in [0.25, 0.3) is 5.91 Å². The van der Waals surface area contributed by atoms with Crippen LogP contribution < -0.4 is 5.32 Å². The van der Waals surface area contributed by atoms with Crippen molar-refractivity contribution in [1.82, 2.24) is 10.2 Å². The maximum Gasteiger partial charge on any atom is 0.322 e. The molecule has 0 radical (unpaired) electrons. The third-order valence-electron chi connectivity index (χ3n) is 3.37. The summed E-state index contributed by atoms with van der Waals surface area (Å²) in [6.45, 7) is 0. The van der Waals surface area contributed by atoms with E-state index in [1.54, 1.807) is 23.9 Å². The zero-order valence-corrected chi connectivity index (χ0v) is 15.5. The Kier molecular flexibility index (Phi) is 5.63. The Balaban J connectivity index is 1.68. The molecule has 25 heavy (non-hydrogen) atoms. The number of carbonyl (C=O) groups excluding carboxylic acids is 1. The SMILES string of the molecule is CSc1ccc(Cc2nnc(NC(=O)c3cc(Cl)ccc3Cl)o2)cc1. The van der Waals surface area contributed by atoms with Crippen LogP contribution in [0.2, 0.25) is 10.0 Å². The zero-order valence-electron chi connectivity index (χ0n) is 13.1. The lowest BCUT2D eigenvalue weighted by Crippen LogP contribution is -2.12. The van der Waals surface area contributed by atoms with Gasteiger partial charge in [0.1, 0.15) is 0 Å². The molecule has 3 rings (SSSR count). The Morgan fingerprint density at radius 3 is 2.64 bits per heavy atom. The molecule has 1 heterocycles. The molecule has 0 unspecified atom stereocenters. The Labute approximate surface area is 158 Å². The summed E-state index contributed by atoms with van der Waals surface area (Å²) in [5.41, 5.74) is 1.28. The Hall–Kier alpha value is -2.02. The summed E-state index contributed by atoms with van der Waals surface area (Å²) in [6, 6.07) is 12.7. The summed E-state index contributed by atoms with van der Waals surface area (Å²) in [6.07, 6.45) is 2.50. The van der Waals surface area contributed by atoms with E-state index >= 15 is 0 Å². The fourth-order valence-electron chi connectivity index (χ4n) is 2.13. The zero-order chi connectivity index (χ0) is 17.8. The van der Waals surface area contributed by atoms with Gasteiger partial charge in [-0.15, -0.1) is 16.9 Å². The van der Waals surface area contributed by atoms with Crippen LogP contribution >= 0.6 is 35.0 Å². The van der Waals surface area contributed by atoms with Crippen LogP contribution in [0.25, 0.3) is 0 Å². The van der Waals surface area contributed by atoms with Gasteiger partial charge in [-0.2, -0.15) is 0 Å². The van der Waals surface area contributed by atoms with Crippen molar-refractivity contribution in [2.24, 2.45) is 0 Å². The molecule has 0 saturated carbocycles. The van der Waals surface area contributed by atoms with Gasteiger partial charge >= 0.3 is 6.01 Å². The number of carbonyl (C=O) groups is 1. The molecule has 5 nitrogen and oxygen atoms in total. The molecule has 3 aromatic rings. The van der Waals surface area contributed by atoms with Crippen molar-refractivity contribution >= 4 is 46.9 Å². The topological polar surface area (TPSA) is 68.0 Å². The molecule has 0 saturated heterocycles. The lowest BCUT2D eigenvalue weighted by atomic mass is 10.1. The predicted molar refractivity (Wildman–Crippen MR) is 99.7 cm³/mol. The van der Waals surface area contributed by atoms with E-state index in [1.807, 2.05) is 30.5 Å². The largest absolute Gasteiger partial charge is 0.407 e. The number of benzene rings is 2. The first-order valence-corrected chi connectivity index (χ1v) is 9.25. The van der Waals surface area contributed by atoms with Crippen molar-refractivity contribution in [2.45, 2.75) is 11.3 Å². The minimum atomic E-state index is -0.466. The molecule has 128 valence electrons. The van der Waals surface area contributed by atoms with E-state index in [0.29, 0.717) is 17.3 Å². The molecule has 2 aromatic carbocycles. The first kappa shape index (κ1) is 17.8. The summed E-state index contributed by atoms with van der Waals surface area (Å²) in [5.74, 6) is -0.0589. The number of halogens is 2. The summed E-state index contributed by atoms with van der Waals surface area (Å²) in [5, 5.41) is 11.0. The highest BCUT2D eigenvalue weighted by atomic mass is 35.5. The van der Waals surface area contributed by atoms with Gasteiger partial charge in [-0.05, 0) is 42.2 Å². The van der Waals surface area contributed by atoms with Gasteiger partial charge in [0.05, 0.1) is 17.0 Å².